The molecule has 1 N–H and O–H groups in total. The highest BCUT2D eigenvalue weighted by Crippen LogP contribution is 2.29. The Hall–Kier alpha value is -3.36. The molecule has 2 aromatic carbocycles. The number of hydrogen-bond acceptors (Lipinski definition) is 5. The average molecular weight is 409 g/mol. The number of benzene rings is 2. The summed E-state index contributed by atoms with van der Waals surface area (Å²) in [4.78, 5) is 36.4. The number of carbonyl (C=O) groups excluding carboxylic acids is 3. The Morgan fingerprint density at radius 2 is 1.31 bits per heavy atom. The van der Waals surface area contributed by atoms with Gasteiger partial charge < -0.3 is 14.8 Å². The van der Waals surface area contributed by atoms with Crippen molar-refractivity contribution in [1.82, 2.24) is 0 Å². The predicted molar refractivity (Wildman–Crippen MR) is 97.8 cm³/mol. The molecule has 0 unspecified atom stereocenters. The van der Waals surface area contributed by atoms with E-state index in [1.807, 2.05) is 0 Å². The third-order valence-electron chi connectivity index (χ3n) is 3.69. The zero-order chi connectivity index (χ0) is 21.6. The molecular weight excluding hydrogens is 391 g/mol. The van der Waals surface area contributed by atoms with E-state index in [4.69, 9.17) is 9.47 Å². The van der Waals surface area contributed by atoms with Gasteiger partial charge in [0.05, 0.1) is 29.9 Å². The van der Waals surface area contributed by atoms with Gasteiger partial charge in [-0.05, 0) is 56.3 Å². The number of carbonyl (C=O) groups is 3. The lowest BCUT2D eigenvalue weighted by molar-refractivity contribution is -0.137. The first-order valence-electron chi connectivity index (χ1n) is 8.63. The lowest BCUT2D eigenvalue weighted by Crippen LogP contribution is -2.15. The number of amides is 1. The molecule has 0 atom stereocenters. The standard InChI is InChI=1S/C20H18F3NO5/c1-3-28-18(26)13-9-14(19(27)29-4-2)11-16(10-13)24-17(25)12-5-7-15(8-6-12)20(21,22)23/h5-11H,3-4H2,1-2H3,(H,24,25). The molecule has 0 spiro atoms. The van der Waals surface area contributed by atoms with Crippen molar-refractivity contribution in [3.8, 4) is 0 Å². The second-order valence-corrected chi connectivity index (χ2v) is 5.77. The van der Waals surface area contributed by atoms with Crippen LogP contribution < -0.4 is 5.32 Å². The Balaban J connectivity index is 2.31. The van der Waals surface area contributed by atoms with Crippen LogP contribution in [0.4, 0.5) is 18.9 Å². The molecule has 2 rings (SSSR count). The number of anilines is 1. The van der Waals surface area contributed by atoms with Gasteiger partial charge in [-0.15, -0.1) is 0 Å². The summed E-state index contributed by atoms with van der Waals surface area (Å²) < 4.78 is 47.7. The molecular formula is C20H18F3NO5. The van der Waals surface area contributed by atoms with Crippen LogP contribution in [0.25, 0.3) is 0 Å². The quantitative estimate of drug-likeness (QED) is 0.719. The highest BCUT2D eigenvalue weighted by molar-refractivity contribution is 6.06. The highest BCUT2D eigenvalue weighted by atomic mass is 19.4. The maximum atomic E-state index is 12.6. The van der Waals surface area contributed by atoms with Gasteiger partial charge in [-0.2, -0.15) is 13.2 Å². The fourth-order valence-electron chi connectivity index (χ4n) is 2.38. The van der Waals surface area contributed by atoms with Crippen LogP contribution in [-0.2, 0) is 15.7 Å². The minimum absolute atomic E-state index is 0.0140. The first kappa shape index (κ1) is 21.9. The van der Waals surface area contributed by atoms with Crippen LogP contribution in [0.15, 0.2) is 42.5 Å². The van der Waals surface area contributed by atoms with E-state index >= 15 is 0 Å². The number of hydrogen-bond donors (Lipinski definition) is 1. The number of rotatable bonds is 6. The zero-order valence-corrected chi connectivity index (χ0v) is 15.6. The van der Waals surface area contributed by atoms with E-state index in [9.17, 15) is 27.6 Å². The van der Waals surface area contributed by atoms with E-state index in [-0.39, 0.29) is 35.6 Å². The predicted octanol–water partition coefficient (Wildman–Crippen LogP) is 4.31. The van der Waals surface area contributed by atoms with Crippen molar-refractivity contribution in [2.24, 2.45) is 0 Å². The molecule has 0 bridgehead atoms. The molecule has 0 aromatic heterocycles. The molecule has 154 valence electrons. The van der Waals surface area contributed by atoms with E-state index < -0.39 is 29.6 Å². The third kappa shape index (κ3) is 5.81. The fourth-order valence-corrected chi connectivity index (χ4v) is 2.38. The van der Waals surface area contributed by atoms with Crippen LogP contribution >= 0.6 is 0 Å². The van der Waals surface area contributed by atoms with Crippen molar-refractivity contribution in [1.29, 1.82) is 0 Å². The molecule has 0 aliphatic heterocycles. The van der Waals surface area contributed by atoms with E-state index in [1.54, 1.807) is 13.8 Å². The Morgan fingerprint density at radius 3 is 1.72 bits per heavy atom. The summed E-state index contributed by atoms with van der Waals surface area (Å²) >= 11 is 0. The molecule has 1 amide bonds. The van der Waals surface area contributed by atoms with Crippen molar-refractivity contribution in [3.05, 3.63) is 64.7 Å². The van der Waals surface area contributed by atoms with Gasteiger partial charge in [-0.3, -0.25) is 4.79 Å². The Labute approximate surface area is 164 Å². The van der Waals surface area contributed by atoms with Gasteiger partial charge in [0.2, 0.25) is 0 Å². The fraction of sp³-hybridized carbons (Fsp3) is 0.250. The summed E-state index contributed by atoms with van der Waals surface area (Å²) in [6.07, 6.45) is -4.52. The van der Waals surface area contributed by atoms with Crippen LogP contribution in [0.2, 0.25) is 0 Å². The number of ether oxygens (including phenoxy) is 2. The van der Waals surface area contributed by atoms with Crippen LogP contribution in [-0.4, -0.2) is 31.1 Å². The lowest BCUT2D eigenvalue weighted by atomic mass is 10.1. The maximum Gasteiger partial charge on any atom is 0.416 e. The molecule has 0 aliphatic rings. The van der Waals surface area contributed by atoms with E-state index in [2.05, 4.69) is 5.32 Å². The van der Waals surface area contributed by atoms with Crippen LogP contribution in [0.5, 0.6) is 0 Å². The average Bonchev–Trinajstić information content (AvgIpc) is 2.67. The minimum atomic E-state index is -4.52. The highest BCUT2D eigenvalue weighted by Gasteiger charge is 2.30. The number of halogens is 3. The molecule has 0 saturated heterocycles. The van der Waals surface area contributed by atoms with Crippen LogP contribution in [0.3, 0.4) is 0 Å². The SMILES string of the molecule is CCOC(=O)c1cc(NC(=O)c2ccc(C(F)(F)F)cc2)cc(C(=O)OCC)c1. The second-order valence-electron chi connectivity index (χ2n) is 5.77. The Bertz CT molecular complexity index is 871. The zero-order valence-electron chi connectivity index (χ0n) is 15.6. The summed E-state index contributed by atoms with van der Waals surface area (Å²) in [7, 11) is 0. The van der Waals surface area contributed by atoms with Crippen LogP contribution in [0, 0.1) is 0 Å². The molecule has 0 radical (unpaired) electrons. The normalized spacial score (nSPS) is 10.9. The Kier molecular flexibility index (Phi) is 6.98. The number of esters is 2. The number of alkyl halides is 3. The molecule has 0 saturated carbocycles. The van der Waals surface area contributed by atoms with E-state index in [0.29, 0.717) is 0 Å². The molecule has 0 heterocycles. The summed E-state index contributed by atoms with van der Waals surface area (Å²) in [6, 6.07) is 7.48. The van der Waals surface area contributed by atoms with Crippen molar-refractivity contribution in [3.63, 3.8) is 0 Å². The second kappa shape index (κ2) is 9.22. The largest absolute Gasteiger partial charge is 0.462 e. The lowest BCUT2D eigenvalue weighted by Gasteiger charge is -2.11. The molecule has 9 heteroatoms. The first-order valence-corrected chi connectivity index (χ1v) is 8.63. The van der Waals surface area contributed by atoms with Crippen LogP contribution in [0.1, 0.15) is 50.5 Å². The summed E-state index contributed by atoms with van der Waals surface area (Å²) in [5.74, 6) is -2.12. The van der Waals surface area contributed by atoms with Crippen molar-refractivity contribution in [2.75, 3.05) is 18.5 Å². The molecule has 0 fully saturated rings. The van der Waals surface area contributed by atoms with E-state index in [0.717, 1.165) is 24.3 Å². The van der Waals surface area contributed by atoms with Gasteiger partial charge in [-0.1, -0.05) is 0 Å². The summed E-state index contributed by atoms with van der Waals surface area (Å²) in [6.45, 7) is 3.44. The Morgan fingerprint density at radius 1 is 0.828 bits per heavy atom. The topological polar surface area (TPSA) is 81.7 Å². The third-order valence-corrected chi connectivity index (χ3v) is 3.69. The van der Waals surface area contributed by atoms with Gasteiger partial charge >= 0.3 is 18.1 Å². The summed E-state index contributed by atoms with van der Waals surface area (Å²) in [5.41, 5.74) is -0.802. The smallest absolute Gasteiger partial charge is 0.416 e. The molecule has 6 nitrogen and oxygen atoms in total. The molecule has 29 heavy (non-hydrogen) atoms. The molecule has 2 aromatic rings. The van der Waals surface area contributed by atoms with Gasteiger partial charge in [-0.25, -0.2) is 9.59 Å². The van der Waals surface area contributed by atoms with Gasteiger partial charge in [0.15, 0.2) is 0 Å². The molecule has 0 aliphatic carbocycles. The van der Waals surface area contributed by atoms with Gasteiger partial charge in [0.1, 0.15) is 0 Å². The summed E-state index contributed by atoms with van der Waals surface area (Å²) in [5, 5.41) is 2.46. The monoisotopic (exact) mass is 409 g/mol. The van der Waals surface area contributed by atoms with Crippen molar-refractivity contribution in [2.45, 2.75) is 20.0 Å². The van der Waals surface area contributed by atoms with Gasteiger partial charge in [0, 0.05) is 11.3 Å². The minimum Gasteiger partial charge on any atom is -0.462 e. The maximum absolute atomic E-state index is 12.6. The first-order chi connectivity index (χ1) is 13.7. The van der Waals surface area contributed by atoms with Crippen molar-refractivity contribution < 1.29 is 37.0 Å². The number of nitrogens with one attached hydrogen (secondary N) is 1. The van der Waals surface area contributed by atoms with E-state index in [1.165, 1.54) is 18.2 Å². The van der Waals surface area contributed by atoms with Gasteiger partial charge in [0.25, 0.3) is 5.91 Å². The van der Waals surface area contributed by atoms with Crippen molar-refractivity contribution >= 4 is 23.5 Å².